The van der Waals surface area contributed by atoms with Gasteiger partial charge in [0.2, 0.25) is 0 Å². The van der Waals surface area contributed by atoms with E-state index < -0.39 is 10.8 Å². The standard InChI is InChI=1S/C22H17N5O5S/c28-18(15-5-2-1-3-6-15)14-33-22-25-24-20(13-23-21(29)19-7-4-12-32-19)26(22)16-8-10-17(11-9-16)27(30)31/h1-12H,13-14H2,(H,23,29). The van der Waals surface area contributed by atoms with Gasteiger partial charge in [0.25, 0.3) is 11.6 Å². The van der Waals surface area contributed by atoms with Crippen LogP contribution in [0.3, 0.4) is 0 Å². The third-order valence-corrected chi connectivity index (χ3v) is 5.53. The predicted molar refractivity (Wildman–Crippen MR) is 119 cm³/mol. The van der Waals surface area contributed by atoms with Gasteiger partial charge in [0.05, 0.1) is 23.5 Å². The molecule has 2 heterocycles. The number of carbonyl (C=O) groups excluding carboxylic acids is 2. The molecular weight excluding hydrogens is 446 g/mol. The van der Waals surface area contributed by atoms with Crippen molar-refractivity contribution in [2.24, 2.45) is 0 Å². The average Bonchev–Trinajstić information content (AvgIpc) is 3.52. The van der Waals surface area contributed by atoms with Crippen molar-refractivity contribution in [1.82, 2.24) is 20.1 Å². The fraction of sp³-hybridized carbons (Fsp3) is 0.0909. The molecule has 0 atom stereocenters. The third kappa shape index (κ3) is 5.15. The van der Waals surface area contributed by atoms with Crippen LogP contribution in [0.4, 0.5) is 5.69 Å². The first-order chi connectivity index (χ1) is 16.0. The second kappa shape index (κ2) is 9.92. The number of carbonyl (C=O) groups is 2. The van der Waals surface area contributed by atoms with Crippen molar-refractivity contribution in [3.05, 3.63) is 100 Å². The molecular formula is C22H17N5O5S. The van der Waals surface area contributed by atoms with Gasteiger partial charge in [-0.05, 0) is 24.3 Å². The maximum absolute atomic E-state index is 12.5. The number of nitro groups is 1. The molecule has 0 aliphatic heterocycles. The molecule has 1 amide bonds. The molecule has 0 saturated heterocycles. The average molecular weight is 463 g/mol. The maximum Gasteiger partial charge on any atom is 0.287 e. The van der Waals surface area contributed by atoms with E-state index in [4.69, 9.17) is 4.42 Å². The highest BCUT2D eigenvalue weighted by Crippen LogP contribution is 2.24. The molecule has 11 heteroatoms. The summed E-state index contributed by atoms with van der Waals surface area (Å²) in [5, 5.41) is 22.5. The second-order valence-corrected chi connectivity index (χ2v) is 7.69. The summed E-state index contributed by atoms with van der Waals surface area (Å²) in [6.45, 7) is 0.0245. The van der Waals surface area contributed by atoms with Gasteiger partial charge in [0.1, 0.15) is 0 Å². The van der Waals surface area contributed by atoms with Crippen molar-refractivity contribution in [2.45, 2.75) is 11.7 Å². The molecule has 2 aromatic heterocycles. The number of nitrogens with one attached hydrogen (secondary N) is 1. The largest absolute Gasteiger partial charge is 0.459 e. The highest BCUT2D eigenvalue weighted by molar-refractivity contribution is 7.99. The molecule has 166 valence electrons. The molecule has 2 aromatic carbocycles. The number of ketones is 1. The van der Waals surface area contributed by atoms with Crippen molar-refractivity contribution >= 4 is 29.1 Å². The number of hydrogen-bond donors (Lipinski definition) is 1. The van der Waals surface area contributed by atoms with Crippen LogP contribution in [-0.2, 0) is 6.54 Å². The number of thioether (sulfide) groups is 1. The van der Waals surface area contributed by atoms with Gasteiger partial charge in [0.15, 0.2) is 22.5 Å². The Morgan fingerprint density at radius 2 is 1.79 bits per heavy atom. The molecule has 4 aromatic rings. The highest BCUT2D eigenvalue weighted by Gasteiger charge is 2.19. The quantitative estimate of drug-likeness (QED) is 0.172. The third-order valence-electron chi connectivity index (χ3n) is 4.60. The lowest BCUT2D eigenvalue weighted by atomic mass is 10.2. The Kier molecular flexibility index (Phi) is 6.60. The second-order valence-electron chi connectivity index (χ2n) is 6.75. The predicted octanol–water partition coefficient (Wildman–Crippen LogP) is 3.67. The van der Waals surface area contributed by atoms with Crippen molar-refractivity contribution in [2.75, 3.05) is 5.75 Å². The lowest BCUT2D eigenvalue weighted by molar-refractivity contribution is -0.384. The van der Waals surface area contributed by atoms with Crippen LogP contribution in [0.2, 0.25) is 0 Å². The van der Waals surface area contributed by atoms with E-state index in [0.29, 0.717) is 22.2 Å². The summed E-state index contributed by atoms with van der Waals surface area (Å²) in [5.74, 6) is 0.157. The number of furan rings is 1. The number of hydrogen-bond acceptors (Lipinski definition) is 8. The molecule has 0 spiro atoms. The Hall–Kier alpha value is -4.25. The van der Waals surface area contributed by atoms with Gasteiger partial charge in [0, 0.05) is 23.4 Å². The summed E-state index contributed by atoms with van der Waals surface area (Å²) >= 11 is 1.18. The van der Waals surface area contributed by atoms with E-state index in [2.05, 4.69) is 15.5 Å². The van der Waals surface area contributed by atoms with Gasteiger partial charge in [-0.25, -0.2) is 0 Å². The number of nitrogens with zero attached hydrogens (tertiary/aromatic N) is 4. The summed E-state index contributed by atoms with van der Waals surface area (Å²) < 4.78 is 6.73. The summed E-state index contributed by atoms with van der Waals surface area (Å²) in [6, 6.07) is 17.9. The number of non-ortho nitro benzene ring substituents is 1. The Morgan fingerprint density at radius 3 is 2.45 bits per heavy atom. The van der Waals surface area contributed by atoms with Gasteiger partial charge < -0.3 is 9.73 Å². The first kappa shape index (κ1) is 22.0. The van der Waals surface area contributed by atoms with Crippen LogP contribution in [0.5, 0.6) is 0 Å². The van der Waals surface area contributed by atoms with Crippen LogP contribution < -0.4 is 5.32 Å². The minimum atomic E-state index is -0.491. The molecule has 0 bridgehead atoms. The van der Waals surface area contributed by atoms with Crippen LogP contribution in [0.25, 0.3) is 5.69 Å². The zero-order valence-corrected chi connectivity index (χ0v) is 17.9. The first-order valence-electron chi connectivity index (χ1n) is 9.75. The van der Waals surface area contributed by atoms with E-state index in [1.807, 2.05) is 6.07 Å². The lowest BCUT2D eigenvalue weighted by Gasteiger charge is -2.10. The van der Waals surface area contributed by atoms with E-state index in [-0.39, 0.29) is 29.5 Å². The molecule has 4 rings (SSSR count). The normalized spacial score (nSPS) is 10.7. The van der Waals surface area contributed by atoms with E-state index in [1.54, 1.807) is 47.0 Å². The summed E-state index contributed by atoms with van der Waals surface area (Å²) in [5.41, 5.74) is 1.08. The lowest BCUT2D eigenvalue weighted by Crippen LogP contribution is -2.24. The zero-order chi connectivity index (χ0) is 23.2. The van der Waals surface area contributed by atoms with Crippen LogP contribution in [-0.4, -0.2) is 37.1 Å². The minimum Gasteiger partial charge on any atom is -0.459 e. The number of rotatable bonds is 9. The van der Waals surface area contributed by atoms with Crippen molar-refractivity contribution in [1.29, 1.82) is 0 Å². The number of benzene rings is 2. The van der Waals surface area contributed by atoms with Crippen molar-refractivity contribution < 1.29 is 18.9 Å². The van der Waals surface area contributed by atoms with Gasteiger partial charge in [-0.3, -0.25) is 24.3 Å². The summed E-state index contributed by atoms with van der Waals surface area (Å²) in [4.78, 5) is 35.3. The first-order valence-corrected chi connectivity index (χ1v) is 10.7. The molecule has 0 aliphatic rings. The van der Waals surface area contributed by atoms with E-state index in [0.717, 1.165) is 0 Å². The molecule has 0 fully saturated rings. The molecule has 0 aliphatic carbocycles. The van der Waals surface area contributed by atoms with Crippen LogP contribution in [0, 0.1) is 10.1 Å². The summed E-state index contributed by atoms with van der Waals surface area (Å²) in [6.07, 6.45) is 1.40. The van der Waals surface area contributed by atoms with Gasteiger partial charge in [-0.15, -0.1) is 10.2 Å². The van der Waals surface area contributed by atoms with Crippen LogP contribution >= 0.6 is 11.8 Å². The van der Waals surface area contributed by atoms with Crippen molar-refractivity contribution in [3.63, 3.8) is 0 Å². The fourth-order valence-corrected chi connectivity index (χ4v) is 3.85. The zero-order valence-electron chi connectivity index (χ0n) is 17.1. The van der Waals surface area contributed by atoms with E-state index >= 15 is 0 Å². The van der Waals surface area contributed by atoms with Crippen LogP contribution in [0.15, 0.2) is 82.6 Å². The van der Waals surface area contributed by atoms with E-state index in [9.17, 15) is 19.7 Å². The van der Waals surface area contributed by atoms with Crippen LogP contribution in [0.1, 0.15) is 26.7 Å². The number of Topliss-reactive ketones (excluding diaryl/α,β-unsaturated/α-hetero) is 1. The summed E-state index contributed by atoms with van der Waals surface area (Å²) in [7, 11) is 0. The van der Waals surface area contributed by atoms with Gasteiger partial charge >= 0.3 is 0 Å². The smallest absolute Gasteiger partial charge is 0.287 e. The molecule has 33 heavy (non-hydrogen) atoms. The maximum atomic E-state index is 12.5. The monoisotopic (exact) mass is 463 g/mol. The minimum absolute atomic E-state index is 0.0245. The molecule has 0 unspecified atom stereocenters. The molecule has 0 radical (unpaired) electrons. The Labute approximate surface area is 191 Å². The SMILES string of the molecule is O=C(CSc1nnc(CNC(=O)c2ccco2)n1-c1ccc([N+](=O)[O-])cc1)c1ccccc1. The topological polar surface area (TPSA) is 133 Å². The fourth-order valence-electron chi connectivity index (χ4n) is 2.98. The highest BCUT2D eigenvalue weighted by atomic mass is 32.2. The van der Waals surface area contributed by atoms with Gasteiger partial charge in [-0.2, -0.15) is 0 Å². The Balaban J connectivity index is 1.58. The van der Waals surface area contributed by atoms with Crippen molar-refractivity contribution in [3.8, 4) is 5.69 Å². The van der Waals surface area contributed by atoms with E-state index in [1.165, 1.54) is 36.2 Å². The molecule has 10 nitrogen and oxygen atoms in total. The van der Waals surface area contributed by atoms with Gasteiger partial charge in [-0.1, -0.05) is 42.1 Å². The number of amides is 1. The Morgan fingerprint density at radius 1 is 1.03 bits per heavy atom. The molecule has 1 N–H and O–H groups in total. The Bertz CT molecular complexity index is 1270. The molecule has 0 saturated carbocycles. The number of aromatic nitrogens is 3. The number of nitro benzene ring substituents is 1.